The Kier molecular flexibility index (Phi) is 4.48. The normalized spacial score (nSPS) is 14.1. The largest absolute Gasteiger partial charge is 0.307 e. The summed E-state index contributed by atoms with van der Waals surface area (Å²) in [5.41, 5.74) is 2.60. The Hall–Kier alpha value is -1.67. The maximum absolute atomic E-state index is 4.16. The van der Waals surface area contributed by atoms with E-state index in [4.69, 9.17) is 0 Å². The van der Waals surface area contributed by atoms with Crippen molar-refractivity contribution in [2.45, 2.75) is 32.4 Å². The molecule has 1 unspecified atom stereocenters. The van der Waals surface area contributed by atoms with Gasteiger partial charge in [-0.2, -0.15) is 0 Å². The number of nitrogens with zero attached hydrogens (tertiary/aromatic N) is 1. The molecule has 2 heteroatoms. The van der Waals surface area contributed by atoms with Crippen LogP contribution >= 0.6 is 0 Å². The molecule has 0 spiro atoms. The molecule has 1 N–H and O–H groups in total. The average Bonchev–Trinajstić information content (AvgIpc) is 2.40. The Morgan fingerprint density at radius 2 is 1.83 bits per heavy atom. The van der Waals surface area contributed by atoms with Crippen molar-refractivity contribution in [1.82, 2.24) is 10.3 Å². The highest BCUT2D eigenvalue weighted by Crippen LogP contribution is 2.12. The molecule has 2 aromatic rings. The zero-order valence-corrected chi connectivity index (χ0v) is 11.0. The van der Waals surface area contributed by atoms with E-state index in [1.807, 2.05) is 18.5 Å². The number of nitrogens with one attached hydrogen (secondary N) is 1. The highest BCUT2D eigenvalue weighted by molar-refractivity contribution is 5.17. The lowest BCUT2D eigenvalue weighted by atomic mass is 10.0. The van der Waals surface area contributed by atoms with Crippen LogP contribution in [0.25, 0.3) is 0 Å². The Morgan fingerprint density at radius 3 is 2.50 bits per heavy atom. The van der Waals surface area contributed by atoms with Gasteiger partial charge in [0.05, 0.1) is 0 Å². The molecule has 0 bridgehead atoms. The van der Waals surface area contributed by atoms with Crippen LogP contribution in [0.15, 0.2) is 54.9 Å². The summed E-state index contributed by atoms with van der Waals surface area (Å²) in [6.07, 6.45) is 4.78. The number of hydrogen-bond donors (Lipinski definition) is 1. The van der Waals surface area contributed by atoms with Crippen molar-refractivity contribution < 1.29 is 0 Å². The van der Waals surface area contributed by atoms with Gasteiger partial charge < -0.3 is 5.32 Å². The van der Waals surface area contributed by atoms with E-state index in [2.05, 4.69) is 60.5 Å². The Balaban J connectivity index is 1.90. The van der Waals surface area contributed by atoms with Gasteiger partial charge in [-0.05, 0) is 37.5 Å². The zero-order valence-electron chi connectivity index (χ0n) is 11.0. The van der Waals surface area contributed by atoms with Gasteiger partial charge in [-0.3, -0.25) is 4.98 Å². The first kappa shape index (κ1) is 12.8. The van der Waals surface area contributed by atoms with Gasteiger partial charge in [-0.1, -0.05) is 36.4 Å². The van der Waals surface area contributed by atoms with E-state index in [9.17, 15) is 0 Å². The molecule has 1 aromatic carbocycles. The average molecular weight is 240 g/mol. The summed E-state index contributed by atoms with van der Waals surface area (Å²) in [7, 11) is 0. The number of hydrogen-bond acceptors (Lipinski definition) is 2. The third-order valence-electron chi connectivity index (χ3n) is 3.10. The summed E-state index contributed by atoms with van der Waals surface area (Å²) in [5, 5.41) is 3.60. The van der Waals surface area contributed by atoms with E-state index in [1.54, 1.807) is 0 Å². The molecular formula is C16H20N2. The highest BCUT2D eigenvalue weighted by atomic mass is 14.9. The molecular weight excluding hydrogens is 220 g/mol. The molecule has 1 heterocycles. The van der Waals surface area contributed by atoms with Crippen LogP contribution in [-0.4, -0.2) is 11.0 Å². The van der Waals surface area contributed by atoms with Crippen LogP contribution in [0.2, 0.25) is 0 Å². The Morgan fingerprint density at radius 1 is 1.06 bits per heavy atom. The van der Waals surface area contributed by atoms with E-state index < -0.39 is 0 Å². The summed E-state index contributed by atoms with van der Waals surface area (Å²) in [5.74, 6) is 0. The van der Waals surface area contributed by atoms with Crippen molar-refractivity contribution in [3.8, 4) is 0 Å². The fourth-order valence-corrected chi connectivity index (χ4v) is 2.18. The lowest BCUT2D eigenvalue weighted by molar-refractivity contribution is 0.476. The molecule has 0 aliphatic rings. The van der Waals surface area contributed by atoms with Crippen LogP contribution in [0.3, 0.4) is 0 Å². The minimum absolute atomic E-state index is 0.331. The minimum Gasteiger partial charge on any atom is -0.307 e. The molecule has 2 nitrogen and oxygen atoms in total. The molecule has 0 amide bonds. The van der Waals surface area contributed by atoms with E-state index in [0.29, 0.717) is 12.1 Å². The van der Waals surface area contributed by atoms with E-state index >= 15 is 0 Å². The van der Waals surface area contributed by atoms with Crippen molar-refractivity contribution in [3.05, 3.63) is 66.0 Å². The summed E-state index contributed by atoms with van der Waals surface area (Å²) in [6.45, 7) is 4.40. The van der Waals surface area contributed by atoms with Crippen LogP contribution in [0, 0.1) is 0 Å². The van der Waals surface area contributed by atoms with E-state index in [-0.39, 0.29) is 0 Å². The lowest BCUT2D eigenvalue weighted by Crippen LogP contribution is -2.30. The lowest BCUT2D eigenvalue weighted by Gasteiger charge is -2.20. The smallest absolute Gasteiger partial charge is 0.0315 e. The maximum atomic E-state index is 4.16. The van der Waals surface area contributed by atoms with Gasteiger partial charge in [0.1, 0.15) is 0 Å². The van der Waals surface area contributed by atoms with Gasteiger partial charge in [0.15, 0.2) is 0 Å². The first-order valence-corrected chi connectivity index (χ1v) is 6.45. The molecule has 0 fully saturated rings. The third kappa shape index (κ3) is 3.67. The monoisotopic (exact) mass is 240 g/mol. The fourth-order valence-electron chi connectivity index (χ4n) is 2.18. The van der Waals surface area contributed by atoms with Crippen LogP contribution in [0.5, 0.6) is 0 Å². The molecule has 1 aromatic heterocycles. The third-order valence-corrected chi connectivity index (χ3v) is 3.10. The summed E-state index contributed by atoms with van der Waals surface area (Å²) in [6, 6.07) is 15.5. The molecule has 0 aliphatic carbocycles. The zero-order chi connectivity index (χ0) is 12.8. The number of pyridine rings is 1. The first-order valence-electron chi connectivity index (χ1n) is 6.45. The maximum Gasteiger partial charge on any atom is 0.0315 e. The SMILES string of the molecule is CC(Cc1ccccc1)N[C@@H](C)c1cccnc1. The summed E-state index contributed by atoms with van der Waals surface area (Å²) in [4.78, 5) is 4.16. The second-order valence-corrected chi connectivity index (χ2v) is 4.77. The molecule has 0 radical (unpaired) electrons. The number of aromatic nitrogens is 1. The highest BCUT2D eigenvalue weighted by Gasteiger charge is 2.09. The topological polar surface area (TPSA) is 24.9 Å². The first-order chi connectivity index (χ1) is 8.75. The van der Waals surface area contributed by atoms with Crippen LogP contribution < -0.4 is 5.32 Å². The van der Waals surface area contributed by atoms with Gasteiger partial charge >= 0.3 is 0 Å². The van der Waals surface area contributed by atoms with Crippen molar-refractivity contribution >= 4 is 0 Å². The summed E-state index contributed by atoms with van der Waals surface area (Å²) >= 11 is 0. The summed E-state index contributed by atoms with van der Waals surface area (Å²) < 4.78 is 0. The molecule has 0 saturated carbocycles. The van der Waals surface area contributed by atoms with Crippen molar-refractivity contribution in [1.29, 1.82) is 0 Å². The number of rotatable bonds is 5. The van der Waals surface area contributed by atoms with Gasteiger partial charge in [-0.15, -0.1) is 0 Å². The Labute approximate surface area is 109 Å². The van der Waals surface area contributed by atoms with Gasteiger partial charge in [0, 0.05) is 24.5 Å². The van der Waals surface area contributed by atoms with Crippen LogP contribution in [0.1, 0.15) is 31.0 Å². The van der Waals surface area contributed by atoms with Crippen molar-refractivity contribution in [2.24, 2.45) is 0 Å². The molecule has 0 aliphatic heterocycles. The molecule has 94 valence electrons. The molecule has 2 rings (SSSR count). The standard InChI is InChI=1S/C16H20N2/c1-13(11-15-7-4-3-5-8-15)18-14(2)16-9-6-10-17-12-16/h3-10,12-14,18H,11H2,1-2H3/t13?,14-/m0/s1. The predicted molar refractivity (Wildman–Crippen MR) is 75.4 cm³/mol. The second kappa shape index (κ2) is 6.31. The van der Waals surface area contributed by atoms with Crippen LogP contribution in [-0.2, 0) is 6.42 Å². The van der Waals surface area contributed by atoms with Gasteiger partial charge in [0.2, 0.25) is 0 Å². The van der Waals surface area contributed by atoms with Gasteiger partial charge in [-0.25, -0.2) is 0 Å². The predicted octanol–water partition coefficient (Wildman–Crippen LogP) is 3.36. The molecule has 2 atom stereocenters. The van der Waals surface area contributed by atoms with Crippen molar-refractivity contribution in [2.75, 3.05) is 0 Å². The molecule has 0 saturated heterocycles. The quantitative estimate of drug-likeness (QED) is 0.866. The Bertz CT molecular complexity index is 453. The van der Waals surface area contributed by atoms with Gasteiger partial charge in [0.25, 0.3) is 0 Å². The fraction of sp³-hybridized carbons (Fsp3) is 0.312. The molecule has 18 heavy (non-hydrogen) atoms. The second-order valence-electron chi connectivity index (χ2n) is 4.77. The van der Waals surface area contributed by atoms with Crippen LogP contribution in [0.4, 0.5) is 0 Å². The minimum atomic E-state index is 0.331. The van der Waals surface area contributed by atoms with Crippen molar-refractivity contribution in [3.63, 3.8) is 0 Å². The number of benzene rings is 1. The van der Waals surface area contributed by atoms with E-state index in [1.165, 1.54) is 11.1 Å². The van der Waals surface area contributed by atoms with E-state index in [0.717, 1.165) is 6.42 Å².